The fraction of sp³-hybridized carbons (Fsp3) is 0.214. The van der Waals surface area contributed by atoms with E-state index in [0.29, 0.717) is 0 Å². The van der Waals surface area contributed by atoms with E-state index in [1.54, 1.807) is 7.11 Å². The van der Waals surface area contributed by atoms with Gasteiger partial charge in [-0.05, 0) is 38.3 Å². The molecule has 2 rings (SSSR count). The Balaban J connectivity index is 0.00000162. The molecule has 0 saturated carbocycles. The van der Waals surface area contributed by atoms with Gasteiger partial charge >= 0.3 is 5.97 Å². The summed E-state index contributed by atoms with van der Waals surface area (Å²) in [5.74, 6) is -0.0552. The highest BCUT2D eigenvalue weighted by Gasteiger charge is 2.07. The lowest BCUT2D eigenvalue weighted by Gasteiger charge is -2.07. The van der Waals surface area contributed by atoms with E-state index in [-0.39, 0.29) is 13.8 Å². The first kappa shape index (κ1) is 14.5. The molecular weight excluding hydrogens is 296 g/mol. The third kappa shape index (κ3) is 2.82. The molecule has 0 spiro atoms. The molecule has 0 fully saturated rings. The minimum atomic E-state index is -0.822. The van der Waals surface area contributed by atoms with Crippen molar-refractivity contribution in [1.29, 1.82) is 0 Å². The molecule has 0 aliphatic carbocycles. The van der Waals surface area contributed by atoms with Gasteiger partial charge in [-0.1, -0.05) is 31.7 Å². The highest BCUT2D eigenvalue weighted by atomic mass is 79.9. The van der Waals surface area contributed by atoms with Crippen molar-refractivity contribution in [1.82, 2.24) is 0 Å². The highest BCUT2D eigenvalue weighted by molar-refractivity contribution is 9.10. The quantitative estimate of drug-likeness (QED) is 0.936. The average Bonchev–Trinajstić information content (AvgIpc) is 2.28. The van der Waals surface area contributed by atoms with Crippen LogP contribution in [0.3, 0.4) is 0 Å². The minimum Gasteiger partial charge on any atom is -0.496 e. The van der Waals surface area contributed by atoms with E-state index >= 15 is 0 Å². The summed E-state index contributed by atoms with van der Waals surface area (Å²) in [6, 6.07) is 9.38. The second-order valence-electron chi connectivity index (χ2n) is 3.71. The Hall–Kier alpha value is -1.55. The average molecular weight is 311 g/mol. The van der Waals surface area contributed by atoms with E-state index < -0.39 is 5.97 Å². The van der Waals surface area contributed by atoms with Crippen molar-refractivity contribution in [2.75, 3.05) is 7.11 Å². The Bertz CT molecular complexity index is 579. The second kappa shape index (κ2) is 5.87. The molecule has 18 heavy (non-hydrogen) atoms. The zero-order chi connectivity index (χ0) is 12.4. The normalized spacial score (nSPS) is 9.89. The largest absolute Gasteiger partial charge is 0.496 e. The summed E-state index contributed by atoms with van der Waals surface area (Å²) in [4.78, 5) is 10.6. The summed E-state index contributed by atoms with van der Waals surface area (Å²) in [6.07, 6.45) is 0.0413. The van der Waals surface area contributed by atoms with Gasteiger partial charge in [0, 0.05) is 0 Å². The van der Waals surface area contributed by atoms with Crippen LogP contribution in [0, 0.1) is 0 Å². The first-order valence-corrected chi connectivity index (χ1v) is 5.88. The number of benzene rings is 2. The van der Waals surface area contributed by atoms with Crippen LogP contribution in [0.5, 0.6) is 5.75 Å². The van der Waals surface area contributed by atoms with E-state index in [1.165, 1.54) is 0 Å². The van der Waals surface area contributed by atoms with Gasteiger partial charge < -0.3 is 9.84 Å². The van der Waals surface area contributed by atoms with Crippen LogP contribution in [-0.2, 0) is 11.2 Å². The van der Waals surface area contributed by atoms with E-state index in [9.17, 15) is 4.79 Å². The molecular formula is C14H15BrO3. The fourth-order valence-electron chi connectivity index (χ4n) is 1.76. The number of hydrogen-bond acceptors (Lipinski definition) is 2. The third-order valence-corrected chi connectivity index (χ3v) is 3.38. The zero-order valence-electron chi connectivity index (χ0n) is 9.24. The molecule has 1 N–H and O–H groups in total. The number of carboxylic acid groups (broad SMARTS) is 1. The molecule has 0 aliphatic rings. The van der Waals surface area contributed by atoms with Crippen LogP contribution < -0.4 is 4.74 Å². The fourth-order valence-corrected chi connectivity index (χ4v) is 2.42. The van der Waals surface area contributed by atoms with Crippen molar-refractivity contribution in [2.24, 2.45) is 0 Å². The molecule has 0 amide bonds. The van der Waals surface area contributed by atoms with Crippen LogP contribution in [0.1, 0.15) is 13.0 Å². The Morgan fingerprint density at radius 2 is 2.06 bits per heavy atom. The summed E-state index contributed by atoms with van der Waals surface area (Å²) in [5.41, 5.74) is 0.794. The molecule has 4 heteroatoms. The minimum absolute atomic E-state index is 0. The van der Waals surface area contributed by atoms with Gasteiger partial charge in [0.25, 0.3) is 0 Å². The molecule has 3 nitrogen and oxygen atoms in total. The van der Waals surface area contributed by atoms with E-state index in [4.69, 9.17) is 9.84 Å². The molecule has 0 unspecified atom stereocenters. The van der Waals surface area contributed by atoms with Crippen molar-refractivity contribution in [3.63, 3.8) is 0 Å². The number of rotatable bonds is 3. The summed E-state index contributed by atoms with van der Waals surface area (Å²) < 4.78 is 6.10. The van der Waals surface area contributed by atoms with Crippen molar-refractivity contribution >= 4 is 32.7 Å². The maximum atomic E-state index is 10.6. The SMILES string of the molecule is C.COc1ccc2cc(CC(=O)O)ccc2c1Br. The molecule has 96 valence electrons. The van der Waals surface area contributed by atoms with Gasteiger partial charge in [0.15, 0.2) is 0 Å². The highest BCUT2D eigenvalue weighted by Crippen LogP contribution is 2.33. The van der Waals surface area contributed by atoms with Gasteiger partial charge in [0.2, 0.25) is 0 Å². The smallest absolute Gasteiger partial charge is 0.307 e. The van der Waals surface area contributed by atoms with Crippen LogP contribution >= 0.6 is 15.9 Å². The van der Waals surface area contributed by atoms with Gasteiger partial charge in [0.1, 0.15) is 5.75 Å². The Labute approximate surface area is 115 Å². The molecule has 2 aromatic rings. The van der Waals surface area contributed by atoms with E-state index in [1.807, 2.05) is 30.3 Å². The van der Waals surface area contributed by atoms with E-state index in [0.717, 1.165) is 26.6 Å². The molecule has 2 aromatic carbocycles. The Kier molecular flexibility index (Phi) is 4.73. The molecule has 0 heterocycles. The lowest BCUT2D eigenvalue weighted by atomic mass is 10.0. The molecule has 0 saturated heterocycles. The number of fused-ring (bicyclic) bond motifs is 1. The lowest BCUT2D eigenvalue weighted by Crippen LogP contribution is -1.99. The van der Waals surface area contributed by atoms with Crippen molar-refractivity contribution in [3.8, 4) is 5.75 Å². The number of ether oxygens (including phenoxy) is 1. The summed E-state index contributed by atoms with van der Waals surface area (Å²) in [7, 11) is 1.62. The number of aliphatic carboxylic acids is 1. The van der Waals surface area contributed by atoms with Gasteiger partial charge in [-0.3, -0.25) is 4.79 Å². The number of carboxylic acids is 1. The van der Waals surface area contributed by atoms with Gasteiger partial charge in [-0.15, -0.1) is 0 Å². The first-order valence-electron chi connectivity index (χ1n) is 5.08. The molecule has 0 aromatic heterocycles. The number of hydrogen-bond donors (Lipinski definition) is 1. The maximum Gasteiger partial charge on any atom is 0.307 e. The number of methoxy groups -OCH3 is 1. The van der Waals surface area contributed by atoms with E-state index in [2.05, 4.69) is 15.9 Å². The maximum absolute atomic E-state index is 10.6. The molecule has 0 radical (unpaired) electrons. The molecule has 0 bridgehead atoms. The third-order valence-electron chi connectivity index (χ3n) is 2.56. The molecule has 0 atom stereocenters. The summed E-state index contributed by atoms with van der Waals surface area (Å²) >= 11 is 3.48. The van der Waals surface area contributed by atoms with Crippen molar-refractivity contribution < 1.29 is 14.6 Å². The van der Waals surface area contributed by atoms with Crippen molar-refractivity contribution in [2.45, 2.75) is 13.8 Å². The van der Waals surface area contributed by atoms with Gasteiger partial charge in [-0.25, -0.2) is 0 Å². The van der Waals surface area contributed by atoms with Crippen LogP contribution in [0.2, 0.25) is 0 Å². The lowest BCUT2D eigenvalue weighted by molar-refractivity contribution is -0.136. The Morgan fingerprint density at radius 3 is 2.67 bits per heavy atom. The van der Waals surface area contributed by atoms with Gasteiger partial charge in [0.05, 0.1) is 18.0 Å². The predicted molar refractivity (Wildman–Crippen MR) is 76.3 cm³/mol. The number of carbonyl (C=O) groups is 1. The van der Waals surface area contributed by atoms with Crippen LogP contribution in [-0.4, -0.2) is 18.2 Å². The first-order chi connectivity index (χ1) is 8.11. The second-order valence-corrected chi connectivity index (χ2v) is 4.50. The predicted octanol–water partition coefficient (Wildman–Crippen LogP) is 3.87. The van der Waals surface area contributed by atoms with Gasteiger partial charge in [-0.2, -0.15) is 0 Å². The number of halogens is 1. The van der Waals surface area contributed by atoms with Crippen LogP contribution in [0.4, 0.5) is 0 Å². The monoisotopic (exact) mass is 310 g/mol. The van der Waals surface area contributed by atoms with Crippen LogP contribution in [0.15, 0.2) is 34.8 Å². The zero-order valence-corrected chi connectivity index (χ0v) is 10.8. The topological polar surface area (TPSA) is 46.5 Å². The van der Waals surface area contributed by atoms with Crippen LogP contribution in [0.25, 0.3) is 10.8 Å². The summed E-state index contributed by atoms with van der Waals surface area (Å²) in [5, 5.41) is 10.8. The standard InChI is InChI=1S/C13H11BrO3.CH4/c1-17-11-5-3-9-6-8(7-12(15)16)2-4-10(9)13(11)14;/h2-6H,7H2,1H3,(H,15,16);1H4. The molecule has 0 aliphatic heterocycles. The summed E-state index contributed by atoms with van der Waals surface area (Å²) in [6.45, 7) is 0. The Morgan fingerprint density at radius 1 is 1.33 bits per heavy atom. The van der Waals surface area contributed by atoms with Crippen molar-refractivity contribution in [3.05, 3.63) is 40.4 Å².